The first-order chi connectivity index (χ1) is 20.6. The average Bonchev–Trinajstić information content (AvgIpc) is 3.01. The summed E-state index contributed by atoms with van der Waals surface area (Å²) in [6, 6.07) is 0. The second kappa shape index (κ2) is 56.1. The topological polar surface area (TPSA) is 36.9 Å². The molecule has 3 radical (unpaired) electrons. The van der Waals surface area contributed by atoms with E-state index in [4.69, 9.17) is 10.6 Å². The Balaban J connectivity index is -0.000000237. The van der Waals surface area contributed by atoms with Gasteiger partial charge in [-0.25, -0.2) is 0 Å². The van der Waals surface area contributed by atoms with Crippen LogP contribution in [0.2, 0.25) is 0 Å². The zero-order chi connectivity index (χ0) is 32.2. The number of hydrogen-bond donors (Lipinski definition) is 0. The van der Waals surface area contributed by atoms with Crippen LogP contribution in [0.5, 0.6) is 0 Å². The SMILES string of the molecule is CCCCCCCCP.CCCCCCCCP.CCCCCCCCP.CCC[O][Sn][O][Sn]([O]CCC)[O]CCC. The minimum atomic E-state index is -2.42. The molecule has 3 atom stereocenters. The van der Waals surface area contributed by atoms with Gasteiger partial charge in [-0.3, -0.25) is 0 Å². The Morgan fingerprint density at radius 3 is 1.00 bits per heavy atom. The van der Waals surface area contributed by atoms with Gasteiger partial charge in [0.05, 0.1) is 0 Å². The molecule has 0 amide bonds. The zero-order valence-electron chi connectivity index (χ0n) is 29.5. The maximum absolute atomic E-state index is 5.65. The van der Waals surface area contributed by atoms with E-state index in [9.17, 15) is 0 Å². The van der Waals surface area contributed by atoms with Gasteiger partial charge in [0.1, 0.15) is 0 Å². The maximum atomic E-state index is 5.65. The van der Waals surface area contributed by atoms with E-state index in [0.29, 0.717) is 0 Å². The number of rotatable bonds is 29. The molecule has 0 bridgehead atoms. The summed E-state index contributed by atoms with van der Waals surface area (Å²) in [4.78, 5) is 0. The van der Waals surface area contributed by atoms with E-state index >= 15 is 0 Å². The van der Waals surface area contributed by atoms with Crippen molar-refractivity contribution in [3.63, 3.8) is 0 Å². The second-order valence-corrected chi connectivity index (χ2v) is 21.2. The van der Waals surface area contributed by atoms with Crippen LogP contribution < -0.4 is 0 Å². The average molecular weight is 869 g/mol. The van der Waals surface area contributed by atoms with E-state index in [1.54, 1.807) is 0 Å². The van der Waals surface area contributed by atoms with Crippen molar-refractivity contribution in [1.82, 2.24) is 0 Å². The molecular weight excluding hydrogens is 791 g/mol. The van der Waals surface area contributed by atoms with Crippen LogP contribution in [0, 0.1) is 0 Å². The van der Waals surface area contributed by atoms with Crippen LogP contribution >= 0.6 is 27.7 Å². The first-order valence-electron chi connectivity index (χ1n) is 17.9. The van der Waals surface area contributed by atoms with Crippen LogP contribution in [0.25, 0.3) is 0 Å². The summed E-state index contributed by atoms with van der Waals surface area (Å²) in [6.07, 6.45) is 32.5. The Bertz CT molecular complexity index is 345. The van der Waals surface area contributed by atoms with Gasteiger partial charge in [-0.2, -0.15) is 0 Å². The minimum absolute atomic E-state index is 0.756. The molecule has 0 heterocycles. The van der Waals surface area contributed by atoms with Crippen molar-refractivity contribution in [2.45, 2.75) is 176 Å². The zero-order valence-corrected chi connectivity index (χ0v) is 38.6. The van der Waals surface area contributed by atoms with Crippen molar-refractivity contribution >= 4 is 70.7 Å². The molecule has 0 aromatic carbocycles. The third kappa shape index (κ3) is 61.7. The molecule has 257 valence electrons. The molecule has 0 fully saturated rings. The summed E-state index contributed by atoms with van der Waals surface area (Å²) in [5, 5.41) is 0. The van der Waals surface area contributed by atoms with E-state index in [-0.39, 0.29) is 0 Å². The summed E-state index contributed by atoms with van der Waals surface area (Å²) < 4.78 is 22.2. The van der Waals surface area contributed by atoms with Crippen molar-refractivity contribution in [2.24, 2.45) is 0 Å². The summed E-state index contributed by atoms with van der Waals surface area (Å²) in [7, 11) is 8.33. The van der Waals surface area contributed by atoms with Crippen molar-refractivity contribution in [3.8, 4) is 0 Å². The third-order valence-corrected chi connectivity index (χ3v) is 16.2. The van der Waals surface area contributed by atoms with Crippen molar-refractivity contribution in [3.05, 3.63) is 0 Å². The quantitative estimate of drug-likeness (QED) is 0.0426. The van der Waals surface area contributed by atoms with Gasteiger partial charge in [0.2, 0.25) is 0 Å². The molecule has 0 aliphatic carbocycles. The molecule has 0 spiro atoms. The van der Waals surface area contributed by atoms with Crippen LogP contribution in [0.1, 0.15) is 176 Å². The standard InChI is InChI=1S/3C8H19P.3C3H7O.O.2Sn/c3*1-2-3-4-5-6-7-8-9;3*1-2-3-4;;;/h3*2-9H2,1H3;3*2-3H2,1H3;;;/q;;;3*-1;;+1;+2. The predicted molar refractivity (Wildman–Crippen MR) is 205 cm³/mol. The van der Waals surface area contributed by atoms with Crippen LogP contribution in [0.15, 0.2) is 0 Å². The molecule has 9 heteroatoms. The number of hydrogen-bond acceptors (Lipinski definition) is 4. The molecule has 0 saturated heterocycles. The third-order valence-electron chi connectivity index (χ3n) is 6.01. The van der Waals surface area contributed by atoms with E-state index < -0.39 is 43.0 Å². The van der Waals surface area contributed by atoms with E-state index in [1.165, 1.54) is 134 Å². The summed E-state index contributed by atoms with van der Waals surface area (Å²) in [6.45, 7) is 15.4. The Kier molecular flexibility index (Phi) is 68.9. The first-order valence-corrected chi connectivity index (χ1v) is 26.1. The van der Waals surface area contributed by atoms with Crippen molar-refractivity contribution in [2.75, 3.05) is 38.3 Å². The van der Waals surface area contributed by atoms with E-state index in [1.807, 2.05) is 0 Å². The normalized spacial score (nSPS) is 10.4. The molecule has 42 heavy (non-hydrogen) atoms. The van der Waals surface area contributed by atoms with Gasteiger partial charge < -0.3 is 0 Å². The van der Waals surface area contributed by atoms with Gasteiger partial charge >= 0.3 is 113 Å². The Hall–Kier alpha value is 2.73. The molecule has 0 aromatic rings. The second-order valence-electron chi connectivity index (χ2n) is 10.7. The van der Waals surface area contributed by atoms with Gasteiger partial charge in [-0.15, -0.1) is 27.7 Å². The molecule has 0 aromatic heterocycles. The molecule has 0 aliphatic rings. The van der Waals surface area contributed by atoms with Crippen molar-refractivity contribution < 1.29 is 10.6 Å². The molecule has 0 aliphatic heterocycles. The fourth-order valence-corrected chi connectivity index (χ4v) is 12.9. The predicted octanol–water partition coefficient (Wildman–Crippen LogP) is 11.5. The number of unbranched alkanes of at least 4 members (excludes halogenated alkanes) is 15. The molecule has 0 saturated carbocycles. The van der Waals surface area contributed by atoms with Gasteiger partial charge in [-0.05, 0) is 37.7 Å². The molecule has 3 unspecified atom stereocenters. The van der Waals surface area contributed by atoms with Crippen LogP contribution in [0.4, 0.5) is 0 Å². The molecule has 0 rings (SSSR count). The van der Waals surface area contributed by atoms with Crippen LogP contribution in [0.3, 0.4) is 0 Å². The van der Waals surface area contributed by atoms with E-state index in [2.05, 4.69) is 69.3 Å². The van der Waals surface area contributed by atoms with Gasteiger partial charge in [0.15, 0.2) is 0 Å². The first kappa shape index (κ1) is 51.6. The fraction of sp³-hybridized carbons (Fsp3) is 1.00. The Morgan fingerprint density at radius 1 is 0.405 bits per heavy atom. The Morgan fingerprint density at radius 2 is 0.714 bits per heavy atom. The summed E-state index contributed by atoms with van der Waals surface area (Å²) in [5.74, 6) is 0. The van der Waals surface area contributed by atoms with Gasteiger partial charge in [0.25, 0.3) is 0 Å². The molecule has 0 N–H and O–H groups in total. The van der Waals surface area contributed by atoms with Crippen LogP contribution in [-0.2, 0) is 10.6 Å². The van der Waals surface area contributed by atoms with Crippen molar-refractivity contribution in [1.29, 1.82) is 0 Å². The van der Waals surface area contributed by atoms with Crippen LogP contribution in [-0.4, -0.2) is 81.3 Å². The monoisotopic (exact) mass is 871 g/mol. The summed E-state index contributed by atoms with van der Waals surface area (Å²) in [5.41, 5.74) is 0. The summed E-state index contributed by atoms with van der Waals surface area (Å²) >= 11 is -3.56. The Labute approximate surface area is 293 Å². The van der Waals surface area contributed by atoms with Gasteiger partial charge in [0, 0.05) is 0 Å². The molecular formula is C33H78O4P3Sn2. The fourth-order valence-electron chi connectivity index (χ4n) is 3.45. The molecule has 4 nitrogen and oxygen atoms in total. The van der Waals surface area contributed by atoms with E-state index in [0.717, 1.165) is 39.1 Å². The van der Waals surface area contributed by atoms with Gasteiger partial charge in [-0.1, -0.05) is 117 Å².